The first-order valence-electron chi connectivity index (χ1n) is 6.61. The maximum atomic E-state index is 11.9. The molecule has 0 bridgehead atoms. The molecule has 0 radical (unpaired) electrons. The molecule has 2 N–H and O–H groups in total. The van der Waals surface area contributed by atoms with Crippen LogP contribution in [0.2, 0.25) is 0 Å². The SMILES string of the molecule is CC[C@H](C)C(=O)N[C@@H](C)c1ccccc1NS(C)(=O)=O. The van der Waals surface area contributed by atoms with Crippen molar-refractivity contribution in [3.05, 3.63) is 29.8 Å². The Labute approximate surface area is 120 Å². The number of rotatable bonds is 6. The van der Waals surface area contributed by atoms with Gasteiger partial charge in [-0.15, -0.1) is 0 Å². The molecule has 0 aromatic heterocycles. The third kappa shape index (κ3) is 4.85. The normalized spacial score (nSPS) is 14.4. The van der Waals surface area contributed by atoms with Gasteiger partial charge in [-0.1, -0.05) is 32.0 Å². The van der Waals surface area contributed by atoms with E-state index in [2.05, 4.69) is 10.0 Å². The van der Waals surface area contributed by atoms with Crippen LogP contribution in [-0.4, -0.2) is 20.6 Å². The average molecular weight is 298 g/mol. The molecule has 1 aromatic rings. The molecule has 5 nitrogen and oxygen atoms in total. The van der Waals surface area contributed by atoms with Crippen molar-refractivity contribution in [2.24, 2.45) is 5.92 Å². The van der Waals surface area contributed by atoms with Crippen LogP contribution in [0.25, 0.3) is 0 Å². The summed E-state index contributed by atoms with van der Waals surface area (Å²) >= 11 is 0. The van der Waals surface area contributed by atoms with Crippen molar-refractivity contribution in [1.29, 1.82) is 0 Å². The van der Waals surface area contributed by atoms with Gasteiger partial charge in [0.05, 0.1) is 18.0 Å². The minimum absolute atomic E-state index is 0.0332. The molecule has 0 fully saturated rings. The van der Waals surface area contributed by atoms with Crippen LogP contribution in [0, 0.1) is 5.92 Å². The molecule has 0 aliphatic carbocycles. The van der Waals surface area contributed by atoms with Gasteiger partial charge in [-0.25, -0.2) is 8.42 Å². The largest absolute Gasteiger partial charge is 0.349 e. The van der Waals surface area contributed by atoms with Crippen molar-refractivity contribution in [1.82, 2.24) is 5.32 Å². The molecule has 0 aliphatic rings. The second-order valence-electron chi connectivity index (χ2n) is 5.00. The Morgan fingerprint density at radius 2 is 1.85 bits per heavy atom. The average Bonchev–Trinajstić information content (AvgIpc) is 2.36. The molecule has 0 aliphatic heterocycles. The summed E-state index contributed by atoms with van der Waals surface area (Å²) in [6.45, 7) is 5.65. The number of anilines is 1. The van der Waals surface area contributed by atoms with E-state index >= 15 is 0 Å². The lowest BCUT2D eigenvalue weighted by atomic mass is 10.0. The van der Waals surface area contributed by atoms with Crippen molar-refractivity contribution >= 4 is 21.6 Å². The smallest absolute Gasteiger partial charge is 0.229 e. The summed E-state index contributed by atoms with van der Waals surface area (Å²) in [7, 11) is -3.35. The summed E-state index contributed by atoms with van der Waals surface area (Å²) in [6, 6.07) is 6.79. The molecule has 1 amide bonds. The first kappa shape index (κ1) is 16.5. The summed E-state index contributed by atoms with van der Waals surface area (Å²) < 4.78 is 25.2. The van der Waals surface area contributed by atoms with E-state index in [0.29, 0.717) is 5.69 Å². The Morgan fingerprint density at radius 1 is 1.25 bits per heavy atom. The van der Waals surface area contributed by atoms with Gasteiger partial charge in [-0.05, 0) is 25.0 Å². The Kier molecular flexibility index (Phi) is 5.56. The van der Waals surface area contributed by atoms with Crippen LogP contribution in [0.1, 0.15) is 38.8 Å². The van der Waals surface area contributed by atoms with E-state index < -0.39 is 10.0 Å². The monoisotopic (exact) mass is 298 g/mol. The zero-order valence-electron chi connectivity index (χ0n) is 12.3. The number of benzene rings is 1. The predicted molar refractivity (Wildman–Crippen MR) is 80.9 cm³/mol. The molecule has 0 saturated heterocycles. The third-order valence-corrected chi connectivity index (χ3v) is 3.73. The highest BCUT2D eigenvalue weighted by molar-refractivity contribution is 7.92. The van der Waals surface area contributed by atoms with E-state index in [0.717, 1.165) is 18.2 Å². The second kappa shape index (κ2) is 6.74. The maximum absolute atomic E-state index is 11.9. The van der Waals surface area contributed by atoms with Crippen LogP contribution in [0.4, 0.5) is 5.69 Å². The van der Waals surface area contributed by atoms with E-state index in [1.54, 1.807) is 18.2 Å². The standard InChI is InChI=1S/C14H22N2O3S/c1-5-10(2)14(17)15-11(3)12-8-6-7-9-13(12)16-20(4,18)19/h6-11,16H,5H2,1-4H3,(H,15,17)/t10-,11-/m0/s1. The van der Waals surface area contributed by atoms with Crippen molar-refractivity contribution < 1.29 is 13.2 Å². The molecule has 0 unspecified atom stereocenters. The van der Waals surface area contributed by atoms with Crippen LogP contribution < -0.4 is 10.0 Å². The van der Waals surface area contributed by atoms with Gasteiger partial charge in [-0.2, -0.15) is 0 Å². The number of hydrogen-bond donors (Lipinski definition) is 2. The number of para-hydroxylation sites is 1. The zero-order chi connectivity index (χ0) is 15.3. The minimum atomic E-state index is -3.35. The molecule has 20 heavy (non-hydrogen) atoms. The lowest BCUT2D eigenvalue weighted by molar-refractivity contribution is -0.125. The highest BCUT2D eigenvalue weighted by atomic mass is 32.2. The summed E-state index contributed by atoms with van der Waals surface area (Å²) in [4.78, 5) is 11.9. The maximum Gasteiger partial charge on any atom is 0.229 e. The van der Waals surface area contributed by atoms with E-state index in [1.807, 2.05) is 26.8 Å². The van der Waals surface area contributed by atoms with Crippen LogP contribution >= 0.6 is 0 Å². The highest BCUT2D eigenvalue weighted by Crippen LogP contribution is 2.23. The lowest BCUT2D eigenvalue weighted by Crippen LogP contribution is -2.31. The topological polar surface area (TPSA) is 75.3 Å². The Hall–Kier alpha value is -1.56. The van der Waals surface area contributed by atoms with Crippen molar-refractivity contribution in [3.63, 3.8) is 0 Å². The fourth-order valence-corrected chi connectivity index (χ4v) is 2.37. The number of amides is 1. The van der Waals surface area contributed by atoms with Gasteiger partial charge >= 0.3 is 0 Å². The van der Waals surface area contributed by atoms with Gasteiger partial charge in [0.1, 0.15) is 0 Å². The van der Waals surface area contributed by atoms with Gasteiger partial charge in [-0.3, -0.25) is 9.52 Å². The van der Waals surface area contributed by atoms with Crippen molar-refractivity contribution in [2.45, 2.75) is 33.2 Å². The molecule has 6 heteroatoms. The first-order chi connectivity index (χ1) is 9.24. The number of sulfonamides is 1. The summed E-state index contributed by atoms with van der Waals surface area (Å²) in [5.41, 5.74) is 1.24. The van der Waals surface area contributed by atoms with Crippen molar-refractivity contribution in [2.75, 3.05) is 11.0 Å². The second-order valence-corrected chi connectivity index (χ2v) is 6.75. The Bertz CT molecular complexity index is 570. The van der Waals surface area contributed by atoms with E-state index in [-0.39, 0.29) is 17.9 Å². The molecule has 1 rings (SSSR count). The van der Waals surface area contributed by atoms with Crippen LogP contribution in [0.5, 0.6) is 0 Å². The molecule has 1 aromatic carbocycles. The fraction of sp³-hybridized carbons (Fsp3) is 0.500. The molecular formula is C14H22N2O3S. The summed E-state index contributed by atoms with van der Waals surface area (Å²) in [5, 5.41) is 2.90. The molecule has 2 atom stereocenters. The first-order valence-corrected chi connectivity index (χ1v) is 8.50. The van der Waals surface area contributed by atoms with Gasteiger partial charge in [0.2, 0.25) is 15.9 Å². The number of nitrogens with one attached hydrogen (secondary N) is 2. The molecule has 0 heterocycles. The third-order valence-electron chi connectivity index (χ3n) is 3.14. The van der Waals surface area contributed by atoms with Gasteiger partial charge in [0.25, 0.3) is 0 Å². The fourth-order valence-electron chi connectivity index (χ4n) is 1.79. The number of carbonyl (C=O) groups is 1. The van der Waals surface area contributed by atoms with Gasteiger partial charge < -0.3 is 5.32 Å². The Balaban J connectivity index is 2.93. The van der Waals surface area contributed by atoms with Crippen LogP contribution in [-0.2, 0) is 14.8 Å². The quantitative estimate of drug-likeness (QED) is 0.846. The zero-order valence-corrected chi connectivity index (χ0v) is 13.1. The summed E-state index contributed by atoms with van der Waals surface area (Å²) in [5.74, 6) is -0.0957. The lowest BCUT2D eigenvalue weighted by Gasteiger charge is -2.20. The van der Waals surface area contributed by atoms with Crippen LogP contribution in [0.15, 0.2) is 24.3 Å². The minimum Gasteiger partial charge on any atom is -0.349 e. The van der Waals surface area contributed by atoms with E-state index in [9.17, 15) is 13.2 Å². The van der Waals surface area contributed by atoms with Gasteiger partial charge in [0, 0.05) is 5.92 Å². The highest BCUT2D eigenvalue weighted by Gasteiger charge is 2.17. The molecule has 0 saturated carbocycles. The van der Waals surface area contributed by atoms with Gasteiger partial charge in [0.15, 0.2) is 0 Å². The molecule has 0 spiro atoms. The van der Waals surface area contributed by atoms with E-state index in [1.165, 1.54) is 0 Å². The Morgan fingerprint density at radius 3 is 2.40 bits per heavy atom. The number of carbonyl (C=O) groups excluding carboxylic acids is 1. The van der Waals surface area contributed by atoms with Crippen LogP contribution in [0.3, 0.4) is 0 Å². The van der Waals surface area contributed by atoms with Crippen molar-refractivity contribution in [3.8, 4) is 0 Å². The molecule has 112 valence electrons. The summed E-state index contributed by atoms with van der Waals surface area (Å²) in [6.07, 6.45) is 1.87. The van der Waals surface area contributed by atoms with E-state index in [4.69, 9.17) is 0 Å². The predicted octanol–water partition coefficient (Wildman–Crippen LogP) is 2.28. The molecular weight excluding hydrogens is 276 g/mol. The number of hydrogen-bond acceptors (Lipinski definition) is 3.